The molecule has 2 aromatic carbocycles. The summed E-state index contributed by atoms with van der Waals surface area (Å²) in [5.74, 6) is 0. The first-order valence-electron chi connectivity index (χ1n) is 8.20. The Morgan fingerprint density at radius 2 is 1.59 bits per heavy atom. The molecule has 9 nitrogen and oxygen atoms in total. The van der Waals surface area contributed by atoms with Crippen molar-refractivity contribution in [3.8, 4) is 0 Å². The average molecular weight is 482 g/mol. The summed E-state index contributed by atoms with van der Waals surface area (Å²) >= 11 is 11.7. The number of nitro benzene ring substituents is 1. The monoisotopic (exact) mass is 481 g/mol. The van der Waals surface area contributed by atoms with Crippen LogP contribution in [0.25, 0.3) is 0 Å². The predicted molar refractivity (Wildman–Crippen MR) is 110 cm³/mol. The van der Waals surface area contributed by atoms with E-state index in [4.69, 9.17) is 23.2 Å². The van der Waals surface area contributed by atoms with Gasteiger partial charge in [0.25, 0.3) is 15.7 Å². The molecule has 0 radical (unpaired) electrons. The van der Waals surface area contributed by atoms with Gasteiger partial charge >= 0.3 is 0 Å². The van der Waals surface area contributed by atoms with Crippen LogP contribution in [0.3, 0.4) is 0 Å². The van der Waals surface area contributed by atoms with Crippen LogP contribution in [0, 0.1) is 10.1 Å². The van der Waals surface area contributed by atoms with Crippen LogP contribution in [0.15, 0.2) is 46.2 Å². The summed E-state index contributed by atoms with van der Waals surface area (Å²) in [7, 11) is -8.20. The van der Waals surface area contributed by atoms with Gasteiger partial charge in [-0.2, -0.15) is 4.31 Å². The van der Waals surface area contributed by atoms with E-state index in [9.17, 15) is 26.9 Å². The molecule has 0 saturated carbocycles. The second kappa shape index (κ2) is 8.84. The fraction of sp³-hybridized carbons (Fsp3) is 0.250. The number of sulfonamides is 2. The van der Waals surface area contributed by atoms with Crippen LogP contribution in [-0.2, 0) is 20.0 Å². The number of nitrogens with one attached hydrogen (secondary N) is 1. The maximum Gasteiger partial charge on any atom is 0.289 e. The Morgan fingerprint density at radius 3 is 2.14 bits per heavy atom. The number of benzene rings is 2. The van der Waals surface area contributed by atoms with Crippen molar-refractivity contribution < 1.29 is 21.8 Å². The van der Waals surface area contributed by atoms with Gasteiger partial charge in [-0.15, -0.1) is 0 Å². The topological polar surface area (TPSA) is 127 Å². The zero-order valence-corrected chi connectivity index (χ0v) is 18.4. The average Bonchev–Trinajstić information content (AvgIpc) is 2.63. The Hall–Kier alpha value is -1.92. The molecule has 0 bridgehead atoms. The van der Waals surface area contributed by atoms with E-state index in [1.807, 2.05) is 0 Å². The molecular formula is C16H17Cl2N3O6S2. The van der Waals surface area contributed by atoms with Gasteiger partial charge in [0, 0.05) is 19.2 Å². The lowest BCUT2D eigenvalue weighted by molar-refractivity contribution is -0.384. The smallest absolute Gasteiger partial charge is 0.280 e. The highest BCUT2D eigenvalue weighted by atomic mass is 35.5. The SMILES string of the molecule is CCN(CC)S(=O)(=O)c1cc(NS(=O)(=O)c2ccc(Cl)c([N+](=O)[O-])c2)ccc1Cl. The van der Waals surface area contributed by atoms with E-state index < -0.39 is 35.6 Å². The fourth-order valence-electron chi connectivity index (χ4n) is 2.48. The van der Waals surface area contributed by atoms with E-state index in [1.165, 1.54) is 16.4 Å². The number of rotatable bonds is 8. The zero-order chi connectivity index (χ0) is 22.0. The molecule has 0 aliphatic heterocycles. The zero-order valence-electron chi connectivity index (χ0n) is 15.3. The van der Waals surface area contributed by atoms with E-state index in [2.05, 4.69) is 4.72 Å². The minimum atomic E-state index is -4.26. The molecule has 2 aromatic rings. The van der Waals surface area contributed by atoms with Crippen LogP contribution < -0.4 is 4.72 Å². The maximum absolute atomic E-state index is 12.7. The van der Waals surface area contributed by atoms with Crippen LogP contribution in [0.4, 0.5) is 11.4 Å². The van der Waals surface area contributed by atoms with Crippen molar-refractivity contribution in [3.63, 3.8) is 0 Å². The Labute approximate surface area is 178 Å². The van der Waals surface area contributed by atoms with Crippen molar-refractivity contribution >= 4 is 54.6 Å². The number of anilines is 1. The second-order valence-corrected chi connectivity index (χ2v) is 10.1. The van der Waals surface area contributed by atoms with Gasteiger partial charge in [-0.25, -0.2) is 16.8 Å². The Bertz CT molecular complexity index is 1150. The summed E-state index contributed by atoms with van der Waals surface area (Å²) in [5.41, 5.74) is -0.645. The molecule has 0 heterocycles. The Morgan fingerprint density at radius 1 is 1.00 bits per heavy atom. The van der Waals surface area contributed by atoms with Crippen LogP contribution in [0.5, 0.6) is 0 Å². The summed E-state index contributed by atoms with van der Waals surface area (Å²) in [6.07, 6.45) is 0. The number of nitrogens with zero attached hydrogens (tertiary/aromatic N) is 2. The minimum Gasteiger partial charge on any atom is -0.280 e. The molecule has 0 aliphatic carbocycles. The molecule has 0 fully saturated rings. The number of hydrogen-bond acceptors (Lipinski definition) is 6. The van der Waals surface area contributed by atoms with Gasteiger partial charge in [-0.05, 0) is 30.3 Å². The number of halogens is 2. The molecule has 13 heteroatoms. The maximum atomic E-state index is 12.7. The molecule has 0 spiro atoms. The van der Waals surface area contributed by atoms with Gasteiger partial charge in [0.05, 0.1) is 20.5 Å². The van der Waals surface area contributed by atoms with Crippen LogP contribution >= 0.6 is 23.2 Å². The number of nitro groups is 1. The third-order valence-electron chi connectivity index (χ3n) is 3.93. The Kier molecular flexibility index (Phi) is 7.12. The van der Waals surface area contributed by atoms with Gasteiger partial charge in [0.1, 0.15) is 9.92 Å². The van der Waals surface area contributed by atoms with E-state index in [-0.39, 0.29) is 33.7 Å². The van der Waals surface area contributed by atoms with Gasteiger partial charge in [-0.1, -0.05) is 37.0 Å². The van der Waals surface area contributed by atoms with Gasteiger partial charge in [0.2, 0.25) is 10.0 Å². The largest absolute Gasteiger partial charge is 0.289 e. The first-order chi connectivity index (χ1) is 13.4. The minimum absolute atomic E-state index is 0.0676. The first kappa shape index (κ1) is 23.4. The predicted octanol–water partition coefficient (Wildman–Crippen LogP) is 3.73. The second-order valence-electron chi connectivity index (χ2n) is 5.71. The van der Waals surface area contributed by atoms with Crippen molar-refractivity contribution in [3.05, 3.63) is 56.6 Å². The summed E-state index contributed by atoms with van der Waals surface area (Å²) in [5, 5.41) is 10.7. The third kappa shape index (κ3) is 4.98. The molecule has 0 atom stereocenters. The lowest BCUT2D eigenvalue weighted by atomic mass is 10.3. The molecule has 0 saturated heterocycles. The van der Waals surface area contributed by atoms with Gasteiger partial charge in [-0.3, -0.25) is 14.8 Å². The van der Waals surface area contributed by atoms with Crippen molar-refractivity contribution in [2.75, 3.05) is 17.8 Å². The molecule has 158 valence electrons. The van der Waals surface area contributed by atoms with E-state index in [1.54, 1.807) is 13.8 Å². The molecule has 2 rings (SSSR count). The highest BCUT2D eigenvalue weighted by molar-refractivity contribution is 7.92. The van der Waals surface area contributed by atoms with E-state index >= 15 is 0 Å². The van der Waals surface area contributed by atoms with Crippen LogP contribution in [0.2, 0.25) is 10.0 Å². The molecule has 29 heavy (non-hydrogen) atoms. The Balaban J connectivity index is 2.48. The number of hydrogen-bond donors (Lipinski definition) is 1. The summed E-state index contributed by atoms with van der Waals surface area (Å²) in [6, 6.07) is 6.63. The highest BCUT2D eigenvalue weighted by Gasteiger charge is 2.26. The summed E-state index contributed by atoms with van der Waals surface area (Å²) in [4.78, 5) is 9.52. The standard InChI is InChI=1S/C16H17Cl2N3O6S2/c1-3-20(4-2)29(26,27)16-9-11(5-7-14(16)18)19-28(24,25)12-6-8-13(17)15(10-12)21(22)23/h5-10,19H,3-4H2,1-2H3. The van der Waals surface area contributed by atoms with Crippen molar-refractivity contribution in [1.82, 2.24) is 4.31 Å². The highest BCUT2D eigenvalue weighted by Crippen LogP contribution is 2.31. The van der Waals surface area contributed by atoms with Crippen LogP contribution in [-0.4, -0.2) is 39.2 Å². The van der Waals surface area contributed by atoms with Crippen molar-refractivity contribution in [1.29, 1.82) is 0 Å². The van der Waals surface area contributed by atoms with Crippen LogP contribution in [0.1, 0.15) is 13.8 Å². The molecular weight excluding hydrogens is 465 g/mol. The van der Waals surface area contributed by atoms with Gasteiger partial charge < -0.3 is 0 Å². The molecule has 0 aliphatic rings. The lowest BCUT2D eigenvalue weighted by Crippen LogP contribution is -2.30. The first-order valence-corrected chi connectivity index (χ1v) is 11.9. The molecule has 0 amide bonds. The van der Waals surface area contributed by atoms with Gasteiger partial charge in [0.15, 0.2) is 0 Å². The summed E-state index contributed by atoms with van der Waals surface area (Å²) in [6.45, 7) is 3.74. The van der Waals surface area contributed by atoms with E-state index in [0.29, 0.717) is 0 Å². The van der Waals surface area contributed by atoms with Crippen molar-refractivity contribution in [2.24, 2.45) is 0 Å². The quantitative estimate of drug-likeness (QED) is 0.451. The molecule has 0 aromatic heterocycles. The fourth-order valence-corrected chi connectivity index (χ4v) is 5.69. The summed E-state index contributed by atoms with van der Waals surface area (Å²) < 4.78 is 54.1. The van der Waals surface area contributed by atoms with Crippen molar-refractivity contribution in [2.45, 2.75) is 23.6 Å². The molecule has 1 N–H and O–H groups in total. The van der Waals surface area contributed by atoms with E-state index in [0.717, 1.165) is 24.3 Å². The molecule has 0 unspecified atom stereocenters. The normalized spacial score (nSPS) is 12.2. The lowest BCUT2D eigenvalue weighted by Gasteiger charge is -2.20. The third-order valence-corrected chi connectivity index (χ3v) is 8.16.